The van der Waals surface area contributed by atoms with Crippen LogP contribution in [0.15, 0.2) is 42.5 Å². The Morgan fingerprint density at radius 1 is 1.18 bits per heavy atom. The molecule has 2 amide bonds. The van der Waals surface area contributed by atoms with E-state index in [1.807, 2.05) is 19.1 Å². The molecule has 1 heterocycles. The third-order valence-electron chi connectivity index (χ3n) is 4.35. The number of benzene rings is 2. The van der Waals surface area contributed by atoms with Gasteiger partial charge in [0.05, 0.1) is 11.6 Å². The fourth-order valence-corrected chi connectivity index (χ4v) is 2.87. The van der Waals surface area contributed by atoms with Crippen LogP contribution in [0.2, 0.25) is 0 Å². The van der Waals surface area contributed by atoms with Crippen molar-refractivity contribution in [3.8, 4) is 0 Å². The van der Waals surface area contributed by atoms with Crippen molar-refractivity contribution in [3.05, 3.63) is 59.7 Å². The minimum absolute atomic E-state index is 0.0130. The monoisotopic (exact) mass is 388 g/mol. The van der Waals surface area contributed by atoms with Crippen molar-refractivity contribution in [3.63, 3.8) is 0 Å². The molecule has 8 heteroatoms. The van der Waals surface area contributed by atoms with Gasteiger partial charge in [-0.1, -0.05) is 17.7 Å². The number of hydrogen-bond donors (Lipinski definition) is 1. The van der Waals surface area contributed by atoms with E-state index in [1.165, 1.54) is 4.90 Å². The lowest BCUT2D eigenvalue weighted by Crippen LogP contribution is -2.28. The summed E-state index contributed by atoms with van der Waals surface area (Å²) in [6.07, 6.45) is -0.0130. The van der Waals surface area contributed by atoms with E-state index in [1.54, 1.807) is 12.1 Å². The zero-order valence-corrected chi connectivity index (χ0v) is 15.1. The molecule has 146 valence electrons. The molecular formula is C20H18F2N2O4. The van der Waals surface area contributed by atoms with Crippen LogP contribution in [0, 0.1) is 24.5 Å². The number of ether oxygens (including phenoxy) is 1. The average Bonchev–Trinajstić information content (AvgIpc) is 3.04. The third kappa shape index (κ3) is 4.51. The first-order valence-corrected chi connectivity index (χ1v) is 8.62. The molecule has 1 aliphatic rings. The van der Waals surface area contributed by atoms with Gasteiger partial charge < -0.3 is 15.0 Å². The molecule has 0 radical (unpaired) electrons. The van der Waals surface area contributed by atoms with E-state index >= 15 is 0 Å². The van der Waals surface area contributed by atoms with Crippen LogP contribution in [0.3, 0.4) is 0 Å². The van der Waals surface area contributed by atoms with Crippen LogP contribution in [0.5, 0.6) is 0 Å². The van der Waals surface area contributed by atoms with Gasteiger partial charge in [-0.2, -0.15) is 0 Å². The first-order chi connectivity index (χ1) is 13.3. The molecule has 0 bridgehead atoms. The van der Waals surface area contributed by atoms with E-state index in [9.17, 15) is 23.2 Å². The van der Waals surface area contributed by atoms with Crippen molar-refractivity contribution in [1.82, 2.24) is 0 Å². The maximum absolute atomic E-state index is 13.5. The zero-order valence-electron chi connectivity index (χ0n) is 15.1. The second kappa shape index (κ2) is 8.16. The summed E-state index contributed by atoms with van der Waals surface area (Å²) in [5.74, 6) is -4.05. The third-order valence-corrected chi connectivity index (χ3v) is 4.35. The fraction of sp³-hybridized carbons (Fsp3) is 0.250. The number of anilines is 2. The van der Waals surface area contributed by atoms with Crippen LogP contribution < -0.4 is 10.2 Å². The maximum Gasteiger partial charge on any atom is 0.311 e. The van der Waals surface area contributed by atoms with Gasteiger partial charge in [-0.25, -0.2) is 8.78 Å². The standard InChI is InChI=1S/C20H18F2N2O4/c1-12-2-5-15(6-3-12)24-10-13(8-19(24)26)20(27)28-11-18(25)23-17-7-4-14(21)9-16(17)22/h2-7,9,13H,8,10-11H2,1H3,(H,23,25)/t13-/m1/s1. The molecule has 1 aliphatic heterocycles. The van der Waals surface area contributed by atoms with Crippen LogP contribution in [0.25, 0.3) is 0 Å². The largest absolute Gasteiger partial charge is 0.455 e. The molecule has 0 saturated carbocycles. The molecule has 2 aromatic rings. The van der Waals surface area contributed by atoms with Gasteiger partial charge in [-0.3, -0.25) is 14.4 Å². The summed E-state index contributed by atoms with van der Waals surface area (Å²) >= 11 is 0. The molecule has 1 fully saturated rings. The Kier molecular flexibility index (Phi) is 5.67. The van der Waals surface area contributed by atoms with E-state index in [0.717, 1.165) is 17.7 Å². The van der Waals surface area contributed by atoms with Crippen molar-refractivity contribution >= 4 is 29.2 Å². The van der Waals surface area contributed by atoms with Crippen molar-refractivity contribution in [2.24, 2.45) is 5.92 Å². The Hall–Kier alpha value is -3.29. The number of carbonyl (C=O) groups is 3. The van der Waals surface area contributed by atoms with Crippen LogP contribution in [0.1, 0.15) is 12.0 Å². The summed E-state index contributed by atoms with van der Waals surface area (Å²) in [5, 5.41) is 2.20. The highest BCUT2D eigenvalue weighted by Crippen LogP contribution is 2.26. The average molecular weight is 388 g/mol. The first kappa shape index (κ1) is 19.5. The van der Waals surface area contributed by atoms with Gasteiger partial charge in [-0.15, -0.1) is 0 Å². The van der Waals surface area contributed by atoms with E-state index in [-0.39, 0.29) is 24.6 Å². The van der Waals surface area contributed by atoms with Crippen molar-refractivity contribution in [2.75, 3.05) is 23.4 Å². The quantitative estimate of drug-likeness (QED) is 0.800. The molecule has 1 N–H and O–H groups in total. The highest BCUT2D eigenvalue weighted by molar-refractivity contribution is 6.00. The molecule has 6 nitrogen and oxygen atoms in total. The Labute approximate surface area is 160 Å². The number of halogens is 2. The van der Waals surface area contributed by atoms with Gasteiger partial charge in [0.25, 0.3) is 5.91 Å². The van der Waals surface area contributed by atoms with Crippen LogP contribution in [-0.4, -0.2) is 30.9 Å². The number of nitrogens with one attached hydrogen (secondary N) is 1. The van der Waals surface area contributed by atoms with Crippen LogP contribution in [0.4, 0.5) is 20.2 Å². The number of carbonyl (C=O) groups excluding carboxylic acids is 3. The lowest BCUT2D eigenvalue weighted by atomic mass is 10.1. The van der Waals surface area contributed by atoms with Gasteiger partial charge in [0.2, 0.25) is 5.91 Å². The van der Waals surface area contributed by atoms with Crippen LogP contribution in [-0.2, 0) is 19.1 Å². The molecule has 3 rings (SSSR count). The van der Waals surface area contributed by atoms with Gasteiger partial charge in [-0.05, 0) is 31.2 Å². The van der Waals surface area contributed by atoms with E-state index in [2.05, 4.69) is 5.32 Å². The molecule has 0 aliphatic carbocycles. The smallest absolute Gasteiger partial charge is 0.311 e. The summed E-state index contributed by atoms with van der Waals surface area (Å²) < 4.78 is 31.3. The highest BCUT2D eigenvalue weighted by Gasteiger charge is 2.36. The number of amides is 2. The topological polar surface area (TPSA) is 75.7 Å². The number of hydrogen-bond acceptors (Lipinski definition) is 4. The molecule has 28 heavy (non-hydrogen) atoms. The zero-order chi connectivity index (χ0) is 20.3. The molecule has 1 atom stereocenters. The minimum atomic E-state index is -0.935. The number of esters is 1. The summed E-state index contributed by atoms with van der Waals surface area (Å²) in [4.78, 5) is 37.7. The predicted octanol–water partition coefficient (Wildman–Crippen LogP) is 2.81. The Morgan fingerprint density at radius 2 is 1.89 bits per heavy atom. The normalized spacial score (nSPS) is 16.2. The molecule has 1 saturated heterocycles. The van der Waals surface area contributed by atoms with Gasteiger partial charge in [0.1, 0.15) is 11.6 Å². The predicted molar refractivity (Wildman–Crippen MR) is 97.6 cm³/mol. The van der Waals surface area contributed by atoms with Crippen LogP contribution >= 0.6 is 0 Å². The molecular weight excluding hydrogens is 370 g/mol. The highest BCUT2D eigenvalue weighted by atomic mass is 19.1. The Bertz CT molecular complexity index is 915. The van der Waals surface area contributed by atoms with Crippen molar-refractivity contribution in [1.29, 1.82) is 0 Å². The van der Waals surface area contributed by atoms with Gasteiger partial charge >= 0.3 is 5.97 Å². The molecule has 0 unspecified atom stereocenters. The second-order valence-corrected chi connectivity index (χ2v) is 6.52. The number of nitrogens with zero attached hydrogens (tertiary/aromatic N) is 1. The van der Waals surface area contributed by atoms with Crippen molar-refractivity contribution < 1.29 is 27.9 Å². The summed E-state index contributed by atoms with van der Waals surface area (Å²) in [5.41, 5.74) is 1.52. The van der Waals surface area contributed by atoms with E-state index in [4.69, 9.17) is 4.74 Å². The van der Waals surface area contributed by atoms with E-state index < -0.39 is 36.0 Å². The SMILES string of the molecule is Cc1ccc(N2C[C@H](C(=O)OCC(=O)Nc3ccc(F)cc3F)CC2=O)cc1. The first-order valence-electron chi connectivity index (χ1n) is 8.62. The number of rotatable bonds is 5. The molecule has 0 spiro atoms. The summed E-state index contributed by atoms with van der Waals surface area (Å²) in [6.45, 7) is 1.46. The van der Waals surface area contributed by atoms with Gasteiger partial charge in [0, 0.05) is 24.7 Å². The fourth-order valence-electron chi connectivity index (χ4n) is 2.87. The van der Waals surface area contributed by atoms with Crippen molar-refractivity contribution in [2.45, 2.75) is 13.3 Å². The molecule has 2 aromatic carbocycles. The van der Waals surface area contributed by atoms with Gasteiger partial charge in [0.15, 0.2) is 6.61 Å². The second-order valence-electron chi connectivity index (χ2n) is 6.52. The Balaban J connectivity index is 1.53. The maximum atomic E-state index is 13.5. The van der Waals surface area contributed by atoms with E-state index in [0.29, 0.717) is 11.8 Å². The lowest BCUT2D eigenvalue weighted by Gasteiger charge is -2.16. The summed E-state index contributed by atoms with van der Waals surface area (Å²) in [7, 11) is 0. The summed E-state index contributed by atoms with van der Waals surface area (Å²) in [6, 6.07) is 10.0. The number of aryl methyl sites for hydroxylation is 1. The molecule has 0 aromatic heterocycles. The Morgan fingerprint density at radius 3 is 2.57 bits per heavy atom. The minimum Gasteiger partial charge on any atom is -0.455 e. The lowest BCUT2D eigenvalue weighted by molar-refractivity contribution is -0.151.